The highest BCUT2D eigenvalue weighted by atomic mass is 79.9. The first-order valence-electron chi connectivity index (χ1n) is 5.21. The largest absolute Gasteiger partial charge is 0.496 e. The van der Waals surface area contributed by atoms with Crippen molar-refractivity contribution in [1.29, 1.82) is 0 Å². The lowest BCUT2D eigenvalue weighted by Gasteiger charge is -2.29. The Hall–Kier alpha value is -0.960. The highest BCUT2D eigenvalue weighted by Gasteiger charge is 2.62. The van der Waals surface area contributed by atoms with Gasteiger partial charge < -0.3 is 10.1 Å². The monoisotopic (exact) mass is 365 g/mol. The Morgan fingerprint density at radius 2 is 1.75 bits per heavy atom. The van der Waals surface area contributed by atoms with E-state index in [0.29, 0.717) is 0 Å². The topological polar surface area (TPSA) is 21.3 Å². The van der Waals surface area contributed by atoms with Crippen LogP contribution in [-0.2, 0) is 0 Å². The summed E-state index contributed by atoms with van der Waals surface area (Å²) in [4.78, 5) is 0. The van der Waals surface area contributed by atoms with Gasteiger partial charge in [-0.15, -0.1) is 0 Å². The van der Waals surface area contributed by atoms with E-state index < -0.39 is 35.3 Å². The summed E-state index contributed by atoms with van der Waals surface area (Å²) < 4.78 is 82.0. The van der Waals surface area contributed by atoms with Crippen LogP contribution >= 0.6 is 15.9 Å². The van der Waals surface area contributed by atoms with Crippen molar-refractivity contribution in [3.05, 3.63) is 28.0 Å². The van der Waals surface area contributed by atoms with Crippen molar-refractivity contribution in [2.75, 3.05) is 14.2 Å². The van der Waals surface area contributed by atoms with Crippen LogP contribution in [0.15, 0.2) is 16.6 Å². The van der Waals surface area contributed by atoms with Crippen LogP contribution in [0, 0.1) is 5.82 Å². The summed E-state index contributed by atoms with van der Waals surface area (Å²) in [5, 5.41) is 1.89. The molecule has 9 heteroatoms. The Bertz CT molecular complexity index is 491. The van der Waals surface area contributed by atoms with Gasteiger partial charge in [-0.1, -0.05) is 0 Å². The van der Waals surface area contributed by atoms with E-state index in [0.717, 1.165) is 26.3 Å². The molecule has 0 aliphatic heterocycles. The van der Waals surface area contributed by atoms with E-state index in [1.54, 1.807) is 0 Å². The summed E-state index contributed by atoms with van der Waals surface area (Å²) in [7, 11) is 1.99. The van der Waals surface area contributed by atoms with E-state index in [1.807, 2.05) is 5.32 Å². The number of alkyl halides is 5. The van der Waals surface area contributed by atoms with Gasteiger partial charge in [-0.05, 0) is 29.0 Å². The minimum Gasteiger partial charge on any atom is -0.496 e. The van der Waals surface area contributed by atoms with Gasteiger partial charge in [0, 0.05) is 11.6 Å². The van der Waals surface area contributed by atoms with Crippen molar-refractivity contribution >= 4 is 15.9 Å². The first kappa shape index (κ1) is 17.1. The van der Waals surface area contributed by atoms with Gasteiger partial charge in [-0.3, -0.25) is 0 Å². The Kier molecular flexibility index (Phi) is 4.96. The van der Waals surface area contributed by atoms with Gasteiger partial charge in [0.1, 0.15) is 17.6 Å². The predicted molar refractivity (Wildman–Crippen MR) is 63.5 cm³/mol. The van der Waals surface area contributed by atoms with Gasteiger partial charge in [0.15, 0.2) is 0 Å². The number of halogens is 7. The second kappa shape index (κ2) is 5.80. The van der Waals surface area contributed by atoms with Crippen molar-refractivity contribution < 1.29 is 31.1 Å². The second-order valence-electron chi connectivity index (χ2n) is 3.85. The van der Waals surface area contributed by atoms with E-state index in [4.69, 9.17) is 0 Å². The second-order valence-corrected chi connectivity index (χ2v) is 4.71. The third-order valence-corrected chi connectivity index (χ3v) is 3.22. The Morgan fingerprint density at radius 3 is 2.15 bits per heavy atom. The first-order chi connectivity index (χ1) is 9.06. The van der Waals surface area contributed by atoms with Gasteiger partial charge in [0.05, 0.1) is 11.6 Å². The molecule has 0 aliphatic rings. The van der Waals surface area contributed by atoms with Crippen LogP contribution in [0.1, 0.15) is 11.6 Å². The molecule has 0 amide bonds. The van der Waals surface area contributed by atoms with Gasteiger partial charge in [-0.2, -0.15) is 22.0 Å². The molecule has 0 heterocycles. The fourth-order valence-corrected chi connectivity index (χ4v) is 2.00. The molecule has 0 aromatic heterocycles. The SMILES string of the molecule is CNC(c1cc(Br)c(F)cc1OC)C(F)(F)C(F)(F)F. The average Bonchev–Trinajstić information content (AvgIpc) is 2.32. The molecule has 1 N–H and O–H groups in total. The molecule has 0 saturated carbocycles. The molecule has 0 fully saturated rings. The van der Waals surface area contributed by atoms with Crippen molar-refractivity contribution in [3.8, 4) is 5.75 Å². The van der Waals surface area contributed by atoms with Gasteiger partial charge in [0.25, 0.3) is 0 Å². The van der Waals surface area contributed by atoms with E-state index in [9.17, 15) is 26.3 Å². The average molecular weight is 366 g/mol. The summed E-state index contributed by atoms with van der Waals surface area (Å²) in [5.41, 5.74) is -0.509. The molecule has 1 rings (SSSR count). The zero-order chi connectivity index (χ0) is 15.7. The van der Waals surface area contributed by atoms with Crippen molar-refractivity contribution in [2.45, 2.75) is 18.1 Å². The lowest BCUT2D eigenvalue weighted by molar-refractivity contribution is -0.294. The number of hydrogen-bond donors (Lipinski definition) is 1. The van der Waals surface area contributed by atoms with Crippen molar-refractivity contribution in [3.63, 3.8) is 0 Å². The molecule has 0 aliphatic carbocycles. The molecular weight excluding hydrogens is 356 g/mol. The maximum absolute atomic E-state index is 13.5. The zero-order valence-corrected chi connectivity index (χ0v) is 11.9. The van der Waals surface area contributed by atoms with Gasteiger partial charge in [-0.25, -0.2) is 4.39 Å². The maximum atomic E-state index is 13.5. The number of rotatable bonds is 4. The molecule has 1 aromatic rings. The normalized spacial score (nSPS) is 14.2. The minimum atomic E-state index is -5.76. The fraction of sp³-hybridized carbons (Fsp3) is 0.455. The van der Waals surface area contributed by atoms with Crippen LogP contribution in [0.3, 0.4) is 0 Å². The number of hydrogen-bond acceptors (Lipinski definition) is 2. The Morgan fingerprint density at radius 1 is 1.20 bits per heavy atom. The first-order valence-corrected chi connectivity index (χ1v) is 6.00. The molecular formula is C11H10BrF6NO. The molecule has 0 bridgehead atoms. The zero-order valence-electron chi connectivity index (χ0n) is 10.3. The summed E-state index contributed by atoms with van der Waals surface area (Å²) in [6.07, 6.45) is -5.76. The summed E-state index contributed by atoms with van der Waals surface area (Å²) in [6.45, 7) is 0. The van der Waals surface area contributed by atoms with E-state index in [1.165, 1.54) is 0 Å². The Balaban J connectivity index is 3.43. The molecule has 0 saturated heterocycles. The molecule has 1 unspecified atom stereocenters. The number of ether oxygens (including phenoxy) is 1. The lowest BCUT2D eigenvalue weighted by Crippen LogP contribution is -2.47. The maximum Gasteiger partial charge on any atom is 0.455 e. The van der Waals surface area contributed by atoms with E-state index >= 15 is 0 Å². The van der Waals surface area contributed by atoms with Gasteiger partial charge >= 0.3 is 12.1 Å². The smallest absolute Gasteiger partial charge is 0.455 e. The molecule has 114 valence electrons. The standard InChI is InChI=1S/C11H10BrF6NO/c1-19-9(10(14,15)11(16,17)18)5-3-6(12)7(13)4-8(5)20-2/h3-4,9,19H,1-2H3. The lowest BCUT2D eigenvalue weighted by atomic mass is 9.99. The van der Waals surface area contributed by atoms with Crippen LogP contribution in [0.25, 0.3) is 0 Å². The van der Waals surface area contributed by atoms with Crippen LogP contribution < -0.4 is 10.1 Å². The van der Waals surface area contributed by atoms with E-state index in [-0.39, 0.29) is 4.47 Å². The van der Waals surface area contributed by atoms with E-state index in [2.05, 4.69) is 20.7 Å². The summed E-state index contributed by atoms with van der Waals surface area (Å²) in [6, 6.07) is -0.847. The third kappa shape index (κ3) is 3.03. The number of methoxy groups -OCH3 is 1. The fourth-order valence-electron chi connectivity index (χ4n) is 1.64. The molecule has 2 nitrogen and oxygen atoms in total. The predicted octanol–water partition coefficient (Wildman–Crippen LogP) is 4.05. The molecule has 0 radical (unpaired) electrons. The van der Waals surface area contributed by atoms with Crippen molar-refractivity contribution in [2.24, 2.45) is 0 Å². The molecule has 1 atom stereocenters. The number of nitrogens with one attached hydrogen (secondary N) is 1. The highest BCUT2D eigenvalue weighted by Crippen LogP contribution is 2.46. The summed E-state index contributed by atoms with van der Waals surface area (Å²) in [5.74, 6) is -6.29. The quantitative estimate of drug-likeness (QED) is 0.812. The van der Waals surface area contributed by atoms with Crippen molar-refractivity contribution in [1.82, 2.24) is 5.32 Å². The van der Waals surface area contributed by atoms with Crippen LogP contribution in [0.5, 0.6) is 5.75 Å². The van der Waals surface area contributed by atoms with Crippen LogP contribution in [0.4, 0.5) is 26.3 Å². The number of benzene rings is 1. The van der Waals surface area contributed by atoms with Crippen LogP contribution in [-0.4, -0.2) is 26.3 Å². The highest BCUT2D eigenvalue weighted by molar-refractivity contribution is 9.10. The summed E-state index contributed by atoms with van der Waals surface area (Å²) >= 11 is 2.74. The van der Waals surface area contributed by atoms with Gasteiger partial charge in [0.2, 0.25) is 0 Å². The molecule has 1 aromatic carbocycles. The molecule has 20 heavy (non-hydrogen) atoms. The minimum absolute atomic E-state index is 0.244. The Labute approximate surface area is 119 Å². The third-order valence-electron chi connectivity index (χ3n) is 2.61. The molecule has 0 spiro atoms. The van der Waals surface area contributed by atoms with Crippen LogP contribution in [0.2, 0.25) is 0 Å².